The van der Waals surface area contributed by atoms with Gasteiger partial charge in [-0.05, 0) is 33.0 Å². The lowest BCUT2D eigenvalue weighted by atomic mass is 9.95. The quantitative estimate of drug-likeness (QED) is 0.241. The fraction of sp³-hybridized carbons (Fsp3) is 0. The molecule has 0 fully saturated rings. The standard InChI is InChI=1S/C27H15NS/c1-2-8-17-16(7-1)13-14-22-24(17)26-23(15-28-22)29-27-21-12-6-4-10-19(21)18-9-3-5-11-20(18)25(26)27/h1-15H. The van der Waals surface area contributed by atoms with E-state index < -0.39 is 0 Å². The first-order chi connectivity index (χ1) is 14.4. The molecule has 1 nitrogen and oxygen atoms in total. The van der Waals surface area contributed by atoms with Crippen molar-refractivity contribution in [2.45, 2.75) is 0 Å². The Hall–Kier alpha value is -3.49. The Bertz CT molecular complexity index is 1750. The highest BCUT2D eigenvalue weighted by molar-refractivity contribution is 7.27. The molecular formula is C27H15NS. The molecule has 7 aromatic rings. The van der Waals surface area contributed by atoms with Crippen molar-refractivity contribution in [3.05, 3.63) is 91.1 Å². The Morgan fingerprint density at radius 2 is 1.17 bits per heavy atom. The summed E-state index contributed by atoms with van der Waals surface area (Å²) in [4.78, 5) is 4.83. The van der Waals surface area contributed by atoms with Crippen LogP contribution in [0, 0.1) is 0 Å². The smallest absolute Gasteiger partial charge is 0.0715 e. The van der Waals surface area contributed by atoms with Crippen LogP contribution in [0.1, 0.15) is 0 Å². The third kappa shape index (κ3) is 1.96. The van der Waals surface area contributed by atoms with E-state index in [4.69, 9.17) is 4.98 Å². The minimum absolute atomic E-state index is 1.06. The topological polar surface area (TPSA) is 12.9 Å². The second-order valence-corrected chi connectivity index (χ2v) is 8.63. The van der Waals surface area contributed by atoms with E-state index in [1.807, 2.05) is 11.3 Å². The normalized spacial score (nSPS) is 12.1. The Kier molecular flexibility index (Phi) is 2.94. The number of nitrogens with zero attached hydrogens (tertiary/aromatic N) is 1. The van der Waals surface area contributed by atoms with Gasteiger partial charge in [0, 0.05) is 32.4 Å². The van der Waals surface area contributed by atoms with Crippen LogP contribution in [-0.4, -0.2) is 4.98 Å². The number of hydrogen-bond acceptors (Lipinski definition) is 2. The van der Waals surface area contributed by atoms with Gasteiger partial charge in [-0.25, -0.2) is 0 Å². The number of pyridine rings is 1. The molecule has 134 valence electrons. The van der Waals surface area contributed by atoms with Crippen molar-refractivity contribution >= 4 is 74.7 Å². The first kappa shape index (κ1) is 15.4. The van der Waals surface area contributed by atoms with Gasteiger partial charge < -0.3 is 0 Å². The van der Waals surface area contributed by atoms with Crippen LogP contribution in [0.15, 0.2) is 91.1 Å². The summed E-state index contributed by atoms with van der Waals surface area (Å²) in [5.41, 5.74) is 1.06. The highest BCUT2D eigenvalue weighted by Gasteiger charge is 2.17. The monoisotopic (exact) mass is 385 g/mol. The third-order valence-electron chi connectivity index (χ3n) is 6.07. The second-order valence-electron chi connectivity index (χ2n) is 7.58. The summed E-state index contributed by atoms with van der Waals surface area (Å²) in [7, 11) is 0. The molecule has 0 spiro atoms. The molecule has 2 aromatic heterocycles. The number of benzene rings is 5. The number of hydrogen-bond donors (Lipinski definition) is 0. The molecule has 0 saturated carbocycles. The van der Waals surface area contributed by atoms with Gasteiger partial charge in [-0.3, -0.25) is 4.98 Å². The Morgan fingerprint density at radius 1 is 0.517 bits per heavy atom. The average molecular weight is 385 g/mol. The van der Waals surface area contributed by atoms with Gasteiger partial charge in [-0.2, -0.15) is 0 Å². The summed E-state index contributed by atoms with van der Waals surface area (Å²) in [6.07, 6.45) is 2.06. The summed E-state index contributed by atoms with van der Waals surface area (Å²) >= 11 is 1.87. The molecule has 7 rings (SSSR count). The van der Waals surface area contributed by atoms with Gasteiger partial charge in [0.25, 0.3) is 0 Å². The molecule has 0 amide bonds. The van der Waals surface area contributed by atoms with E-state index in [9.17, 15) is 0 Å². The largest absolute Gasteiger partial charge is 0.255 e. The predicted molar refractivity (Wildman–Crippen MR) is 127 cm³/mol. The second kappa shape index (κ2) is 5.53. The maximum atomic E-state index is 4.83. The van der Waals surface area contributed by atoms with Crippen molar-refractivity contribution in [3.8, 4) is 0 Å². The zero-order chi connectivity index (χ0) is 18.9. The molecule has 0 aliphatic carbocycles. The maximum absolute atomic E-state index is 4.83. The molecule has 0 atom stereocenters. The van der Waals surface area contributed by atoms with Crippen LogP contribution in [0.4, 0.5) is 0 Å². The van der Waals surface area contributed by atoms with Crippen molar-refractivity contribution in [1.29, 1.82) is 0 Å². The Labute approximate surface area is 170 Å². The molecule has 2 heteroatoms. The summed E-state index contributed by atoms with van der Waals surface area (Å²) in [5, 5.41) is 11.8. The zero-order valence-electron chi connectivity index (χ0n) is 15.5. The first-order valence-corrected chi connectivity index (χ1v) is 10.6. The van der Waals surface area contributed by atoms with Crippen molar-refractivity contribution in [3.63, 3.8) is 0 Å². The van der Waals surface area contributed by atoms with E-state index in [1.54, 1.807) is 0 Å². The molecule has 0 saturated heterocycles. The van der Waals surface area contributed by atoms with Gasteiger partial charge in [0.2, 0.25) is 0 Å². The fourth-order valence-corrected chi connectivity index (χ4v) is 6.08. The molecule has 0 aliphatic rings. The van der Waals surface area contributed by atoms with E-state index in [0.717, 1.165) is 5.52 Å². The molecular weight excluding hydrogens is 370 g/mol. The number of aromatic nitrogens is 1. The van der Waals surface area contributed by atoms with E-state index in [-0.39, 0.29) is 0 Å². The van der Waals surface area contributed by atoms with Gasteiger partial charge in [0.15, 0.2) is 0 Å². The summed E-state index contributed by atoms with van der Waals surface area (Å²) < 4.78 is 2.61. The van der Waals surface area contributed by atoms with Crippen LogP contribution in [0.25, 0.3) is 63.4 Å². The van der Waals surface area contributed by atoms with Crippen LogP contribution >= 0.6 is 11.3 Å². The van der Waals surface area contributed by atoms with E-state index >= 15 is 0 Å². The van der Waals surface area contributed by atoms with E-state index in [0.29, 0.717) is 0 Å². The SMILES string of the molecule is c1ccc2c(c1)ccc1ncc3sc4c5ccccc5c5ccccc5c4c3c12. The Balaban J connectivity index is 1.90. The minimum Gasteiger partial charge on any atom is -0.255 e. The van der Waals surface area contributed by atoms with Crippen LogP contribution in [0.2, 0.25) is 0 Å². The van der Waals surface area contributed by atoms with Crippen molar-refractivity contribution in [1.82, 2.24) is 4.98 Å². The molecule has 0 bridgehead atoms. The molecule has 2 heterocycles. The maximum Gasteiger partial charge on any atom is 0.0715 e. The lowest BCUT2D eigenvalue weighted by Gasteiger charge is -2.09. The van der Waals surface area contributed by atoms with Gasteiger partial charge in [-0.15, -0.1) is 11.3 Å². The predicted octanol–water partition coefficient (Wildman–Crippen LogP) is 8.06. The number of fused-ring (bicyclic) bond motifs is 12. The lowest BCUT2D eigenvalue weighted by Crippen LogP contribution is -1.84. The minimum atomic E-state index is 1.06. The van der Waals surface area contributed by atoms with Crippen molar-refractivity contribution in [2.75, 3.05) is 0 Å². The van der Waals surface area contributed by atoms with E-state index in [2.05, 4.69) is 91.1 Å². The van der Waals surface area contributed by atoms with Gasteiger partial charge >= 0.3 is 0 Å². The van der Waals surface area contributed by atoms with Gasteiger partial charge in [0.1, 0.15) is 0 Å². The zero-order valence-corrected chi connectivity index (χ0v) is 16.3. The molecule has 0 radical (unpaired) electrons. The van der Waals surface area contributed by atoms with Gasteiger partial charge in [-0.1, -0.05) is 78.9 Å². The molecule has 0 N–H and O–H groups in total. The van der Waals surface area contributed by atoms with Crippen LogP contribution in [0.3, 0.4) is 0 Å². The Morgan fingerprint density at radius 3 is 2.00 bits per heavy atom. The average Bonchev–Trinajstić information content (AvgIpc) is 3.19. The number of rotatable bonds is 0. The highest BCUT2D eigenvalue weighted by Crippen LogP contribution is 2.46. The molecule has 0 unspecified atom stereocenters. The molecule has 0 aliphatic heterocycles. The summed E-state index contributed by atoms with van der Waals surface area (Å²) in [5.74, 6) is 0. The fourth-order valence-electron chi connectivity index (χ4n) is 4.84. The summed E-state index contributed by atoms with van der Waals surface area (Å²) in [6.45, 7) is 0. The molecule has 5 aromatic carbocycles. The lowest BCUT2D eigenvalue weighted by molar-refractivity contribution is 1.46. The van der Waals surface area contributed by atoms with Crippen LogP contribution in [-0.2, 0) is 0 Å². The van der Waals surface area contributed by atoms with E-state index in [1.165, 1.54) is 57.9 Å². The van der Waals surface area contributed by atoms with Crippen molar-refractivity contribution in [2.24, 2.45) is 0 Å². The molecule has 29 heavy (non-hydrogen) atoms. The third-order valence-corrected chi connectivity index (χ3v) is 7.23. The van der Waals surface area contributed by atoms with Crippen LogP contribution in [0.5, 0.6) is 0 Å². The van der Waals surface area contributed by atoms with Crippen molar-refractivity contribution < 1.29 is 0 Å². The number of thiophene rings is 1. The summed E-state index contributed by atoms with van der Waals surface area (Å²) in [6, 6.07) is 30.6. The van der Waals surface area contributed by atoms with Gasteiger partial charge in [0.05, 0.1) is 10.2 Å². The highest BCUT2D eigenvalue weighted by atomic mass is 32.1. The van der Waals surface area contributed by atoms with Crippen LogP contribution < -0.4 is 0 Å². The first-order valence-electron chi connectivity index (χ1n) is 9.82.